The minimum atomic E-state index is -0.826. The Balaban J connectivity index is 1.65. The molecule has 0 saturated carbocycles. The Kier molecular flexibility index (Phi) is 6.45. The summed E-state index contributed by atoms with van der Waals surface area (Å²) in [4.78, 5) is 34.8. The summed E-state index contributed by atoms with van der Waals surface area (Å²) in [7, 11) is 0. The molecular weight excluding hydrogens is 490 g/mol. The van der Waals surface area contributed by atoms with Crippen molar-refractivity contribution in [1.82, 2.24) is 29.5 Å². The van der Waals surface area contributed by atoms with Gasteiger partial charge in [0, 0.05) is 18.5 Å². The molecule has 1 unspecified atom stereocenters. The number of nitrogens with zero attached hydrogens (tertiary/aromatic N) is 6. The Hall–Kier alpha value is -5.24. The van der Waals surface area contributed by atoms with Gasteiger partial charge in [0.1, 0.15) is 41.0 Å². The number of aryl methyl sites for hydroxylation is 1. The van der Waals surface area contributed by atoms with Crippen LogP contribution in [0.15, 0.2) is 66.0 Å². The zero-order valence-corrected chi connectivity index (χ0v) is 20.3. The molecule has 0 radical (unpaired) electrons. The molecule has 0 aliphatic carbocycles. The van der Waals surface area contributed by atoms with Crippen LogP contribution in [0, 0.1) is 30.4 Å². The lowest BCUT2D eigenvalue weighted by molar-refractivity contribution is 0.579. The summed E-state index contributed by atoms with van der Waals surface area (Å²) >= 11 is 0. The number of halogens is 2. The van der Waals surface area contributed by atoms with Crippen molar-refractivity contribution < 1.29 is 8.78 Å². The molecule has 5 aromatic rings. The molecule has 5 rings (SSSR count). The van der Waals surface area contributed by atoms with Crippen molar-refractivity contribution in [2.45, 2.75) is 19.9 Å². The lowest BCUT2D eigenvalue weighted by Crippen LogP contribution is -2.28. The third-order valence-electron chi connectivity index (χ3n) is 5.72. The van der Waals surface area contributed by atoms with Gasteiger partial charge in [0.25, 0.3) is 5.56 Å². The molecule has 2 aromatic carbocycles. The van der Waals surface area contributed by atoms with Gasteiger partial charge in [-0.05, 0) is 49.6 Å². The molecule has 3 aromatic heterocycles. The normalized spacial score (nSPS) is 11.6. The van der Waals surface area contributed by atoms with E-state index in [1.54, 1.807) is 50.5 Å². The van der Waals surface area contributed by atoms with E-state index in [4.69, 9.17) is 10.7 Å². The van der Waals surface area contributed by atoms with Gasteiger partial charge in [-0.25, -0.2) is 33.7 Å². The van der Waals surface area contributed by atoms with E-state index < -0.39 is 23.2 Å². The predicted octanol–water partition coefficient (Wildman–Crippen LogP) is 3.71. The highest BCUT2D eigenvalue weighted by Gasteiger charge is 2.21. The number of nitrogens with two attached hydrogens (primary N) is 1. The minimum Gasteiger partial charge on any atom is -0.382 e. The molecular formula is C27H20F2N8O. The predicted molar refractivity (Wildman–Crippen MR) is 138 cm³/mol. The summed E-state index contributed by atoms with van der Waals surface area (Å²) in [5.41, 5.74) is 7.02. The fourth-order valence-corrected chi connectivity index (χ4v) is 4.00. The van der Waals surface area contributed by atoms with E-state index >= 15 is 0 Å². The molecule has 188 valence electrons. The van der Waals surface area contributed by atoms with Crippen LogP contribution in [0.1, 0.15) is 35.7 Å². The average Bonchev–Trinajstić information content (AvgIpc) is 2.88. The fraction of sp³-hybridized carbons (Fsp3) is 0.111. The maximum absolute atomic E-state index is 14.2. The molecule has 3 heterocycles. The highest BCUT2D eigenvalue weighted by Crippen LogP contribution is 2.25. The maximum atomic E-state index is 14.2. The van der Waals surface area contributed by atoms with Gasteiger partial charge in [-0.1, -0.05) is 18.1 Å². The van der Waals surface area contributed by atoms with Crippen LogP contribution in [0.25, 0.3) is 16.6 Å². The van der Waals surface area contributed by atoms with Crippen LogP contribution < -0.4 is 16.6 Å². The molecule has 0 aliphatic rings. The maximum Gasteiger partial charge on any atom is 0.266 e. The Morgan fingerprint density at radius 3 is 2.47 bits per heavy atom. The van der Waals surface area contributed by atoms with Crippen molar-refractivity contribution >= 4 is 22.5 Å². The number of anilines is 2. The SMILES string of the molecule is Cc1cccc2nc(C(C)Nc3ncnc(N)c3C#Cc3ncccn3)n(-c3cc(F)cc(F)c3)c(=O)c12. The first-order valence-electron chi connectivity index (χ1n) is 11.5. The Morgan fingerprint density at radius 2 is 1.74 bits per heavy atom. The van der Waals surface area contributed by atoms with E-state index in [1.807, 2.05) is 0 Å². The first kappa shape index (κ1) is 24.5. The monoisotopic (exact) mass is 510 g/mol. The number of nitrogens with one attached hydrogen (secondary N) is 1. The van der Waals surface area contributed by atoms with E-state index in [9.17, 15) is 13.6 Å². The molecule has 0 bridgehead atoms. The van der Waals surface area contributed by atoms with E-state index in [-0.39, 0.29) is 34.5 Å². The smallest absolute Gasteiger partial charge is 0.266 e. The second kappa shape index (κ2) is 10.0. The molecule has 3 N–H and O–H groups in total. The molecule has 0 spiro atoms. The number of fused-ring (bicyclic) bond motifs is 1. The van der Waals surface area contributed by atoms with Crippen molar-refractivity contribution in [3.8, 4) is 17.5 Å². The fourth-order valence-electron chi connectivity index (χ4n) is 4.00. The lowest BCUT2D eigenvalue weighted by Gasteiger charge is -2.21. The van der Waals surface area contributed by atoms with Crippen LogP contribution in [-0.2, 0) is 0 Å². The van der Waals surface area contributed by atoms with Crippen molar-refractivity contribution in [3.05, 3.63) is 106 Å². The van der Waals surface area contributed by atoms with Crippen molar-refractivity contribution in [2.75, 3.05) is 11.1 Å². The lowest BCUT2D eigenvalue weighted by atomic mass is 10.1. The average molecular weight is 511 g/mol. The van der Waals surface area contributed by atoms with Gasteiger partial charge in [0.05, 0.1) is 22.6 Å². The number of hydrogen-bond donors (Lipinski definition) is 2. The third kappa shape index (κ3) is 4.75. The first-order chi connectivity index (χ1) is 18.3. The van der Waals surface area contributed by atoms with Gasteiger partial charge in [-0.2, -0.15) is 0 Å². The summed E-state index contributed by atoms with van der Waals surface area (Å²) in [6.45, 7) is 3.50. The second-order valence-electron chi connectivity index (χ2n) is 8.38. The van der Waals surface area contributed by atoms with Gasteiger partial charge < -0.3 is 11.1 Å². The van der Waals surface area contributed by atoms with Gasteiger partial charge in [0.2, 0.25) is 5.82 Å². The number of rotatable bonds is 4. The molecule has 9 nitrogen and oxygen atoms in total. The summed E-state index contributed by atoms with van der Waals surface area (Å²) in [6, 6.07) is 9.12. The quantitative estimate of drug-likeness (QED) is 0.351. The van der Waals surface area contributed by atoms with Gasteiger partial charge in [0.15, 0.2) is 0 Å². The first-order valence-corrected chi connectivity index (χ1v) is 11.5. The van der Waals surface area contributed by atoms with Crippen LogP contribution in [-0.4, -0.2) is 29.5 Å². The topological polar surface area (TPSA) is 124 Å². The Morgan fingerprint density at radius 1 is 1.00 bits per heavy atom. The summed E-state index contributed by atoms with van der Waals surface area (Å²) in [6.07, 6.45) is 4.39. The standard InChI is InChI=1S/C27H20F2N8O/c1-15-5-3-6-21-23(15)27(38)37(19-12-17(28)11-18(29)13-19)26(36-21)16(2)35-25-20(24(30)33-14-34-25)7-8-22-31-9-4-10-32-22/h3-6,9-14,16H,1-2H3,(H3,30,33,34,35). The van der Waals surface area contributed by atoms with E-state index in [1.165, 1.54) is 10.9 Å². The molecule has 0 aliphatic heterocycles. The zero-order valence-electron chi connectivity index (χ0n) is 20.3. The second-order valence-corrected chi connectivity index (χ2v) is 8.38. The van der Waals surface area contributed by atoms with Gasteiger partial charge in [-0.3, -0.25) is 9.36 Å². The summed E-state index contributed by atoms with van der Waals surface area (Å²) < 4.78 is 29.6. The van der Waals surface area contributed by atoms with E-state index in [2.05, 4.69) is 37.1 Å². The van der Waals surface area contributed by atoms with Crippen molar-refractivity contribution in [2.24, 2.45) is 0 Å². The molecule has 1 atom stereocenters. The van der Waals surface area contributed by atoms with Crippen LogP contribution in [0.3, 0.4) is 0 Å². The number of hydrogen-bond acceptors (Lipinski definition) is 8. The molecule has 0 fully saturated rings. The zero-order chi connectivity index (χ0) is 26.8. The Bertz CT molecular complexity index is 1770. The summed E-state index contributed by atoms with van der Waals surface area (Å²) in [5.74, 6) is 4.91. The van der Waals surface area contributed by atoms with Crippen molar-refractivity contribution in [1.29, 1.82) is 0 Å². The Labute approximate surface area is 215 Å². The molecule has 38 heavy (non-hydrogen) atoms. The largest absolute Gasteiger partial charge is 0.382 e. The summed E-state index contributed by atoms with van der Waals surface area (Å²) in [5, 5.41) is 3.51. The molecule has 0 amide bonds. The molecule has 0 saturated heterocycles. The van der Waals surface area contributed by atoms with Crippen molar-refractivity contribution in [3.63, 3.8) is 0 Å². The minimum absolute atomic E-state index is 0.00255. The van der Waals surface area contributed by atoms with Gasteiger partial charge >= 0.3 is 0 Å². The number of aromatic nitrogens is 6. The number of benzene rings is 2. The van der Waals surface area contributed by atoms with E-state index in [0.29, 0.717) is 16.5 Å². The van der Waals surface area contributed by atoms with Crippen LogP contribution in [0.4, 0.5) is 20.4 Å². The highest BCUT2D eigenvalue weighted by atomic mass is 19.1. The van der Waals surface area contributed by atoms with E-state index in [0.717, 1.165) is 18.2 Å². The van der Waals surface area contributed by atoms with Gasteiger partial charge in [-0.15, -0.1) is 0 Å². The van der Waals surface area contributed by atoms with Crippen LogP contribution in [0.5, 0.6) is 0 Å². The van der Waals surface area contributed by atoms with Crippen LogP contribution >= 0.6 is 0 Å². The van der Waals surface area contributed by atoms with Crippen LogP contribution in [0.2, 0.25) is 0 Å². The molecule has 11 heteroatoms. The third-order valence-corrected chi connectivity index (χ3v) is 5.72. The number of nitrogen functional groups attached to an aromatic ring is 1. The highest BCUT2D eigenvalue weighted by molar-refractivity contribution is 5.81.